The van der Waals surface area contributed by atoms with E-state index in [1.54, 1.807) is 33.2 Å². The summed E-state index contributed by atoms with van der Waals surface area (Å²) in [6.45, 7) is 5.49. The maximum absolute atomic E-state index is 11.9. The SMILES string of the molecule is CCOC(=O)c1c(-c2nccnc2C)noc1C. The molecule has 94 valence electrons. The van der Waals surface area contributed by atoms with E-state index < -0.39 is 5.97 Å². The van der Waals surface area contributed by atoms with E-state index in [0.717, 1.165) is 0 Å². The molecular formula is C12H13N3O3. The summed E-state index contributed by atoms with van der Waals surface area (Å²) in [6, 6.07) is 0. The van der Waals surface area contributed by atoms with Gasteiger partial charge in [0.25, 0.3) is 0 Å². The number of nitrogens with zero attached hydrogens (tertiary/aromatic N) is 3. The number of hydrogen-bond donors (Lipinski definition) is 0. The summed E-state index contributed by atoms with van der Waals surface area (Å²) in [5.41, 5.74) is 1.88. The van der Waals surface area contributed by atoms with Crippen molar-refractivity contribution >= 4 is 5.97 Å². The minimum atomic E-state index is -0.462. The molecule has 0 unspecified atom stereocenters. The van der Waals surface area contributed by atoms with E-state index in [2.05, 4.69) is 15.1 Å². The first-order valence-electron chi connectivity index (χ1n) is 5.56. The highest BCUT2D eigenvalue weighted by atomic mass is 16.5. The molecule has 2 heterocycles. The number of rotatable bonds is 3. The Morgan fingerprint density at radius 1 is 1.28 bits per heavy atom. The topological polar surface area (TPSA) is 78.1 Å². The molecular weight excluding hydrogens is 234 g/mol. The lowest BCUT2D eigenvalue weighted by Gasteiger charge is -2.03. The quantitative estimate of drug-likeness (QED) is 0.771. The second-order valence-electron chi connectivity index (χ2n) is 3.67. The molecule has 0 atom stereocenters. The summed E-state index contributed by atoms with van der Waals surface area (Å²) in [7, 11) is 0. The maximum atomic E-state index is 11.9. The third-order valence-corrected chi connectivity index (χ3v) is 2.45. The molecule has 0 amide bonds. The summed E-state index contributed by atoms with van der Waals surface area (Å²) in [4.78, 5) is 20.1. The monoisotopic (exact) mass is 247 g/mol. The molecule has 0 N–H and O–H groups in total. The molecule has 6 heteroatoms. The summed E-state index contributed by atoms with van der Waals surface area (Å²) in [5.74, 6) is -0.0511. The van der Waals surface area contributed by atoms with E-state index in [9.17, 15) is 4.79 Å². The predicted octanol–water partition coefficient (Wildman–Crippen LogP) is 1.93. The normalized spacial score (nSPS) is 10.4. The van der Waals surface area contributed by atoms with Crippen LogP contribution in [0.1, 0.15) is 28.7 Å². The van der Waals surface area contributed by atoms with Crippen LogP contribution in [0.15, 0.2) is 16.9 Å². The smallest absolute Gasteiger partial charge is 0.344 e. The van der Waals surface area contributed by atoms with E-state index >= 15 is 0 Å². The fourth-order valence-corrected chi connectivity index (χ4v) is 1.62. The van der Waals surface area contributed by atoms with Gasteiger partial charge in [-0.3, -0.25) is 9.97 Å². The van der Waals surface area contributed by atoms with Crippen LogP contribution in [0.3, 0.4) is 0 Å². The van der Waals surface area contributed by atoms with Crippen molar-refractivity contribution in [3.63, 3.8) is 0 Å². The van der Waals surface area contributed by atoms with Crippen LogP contribution in [0.25, 0.3) is 11.4 Å². The van der Waals surface area contributed by atoms with Crippen LogP contribution in [0.5, 0.6) is 0 Å². The van der Waals surface area contributed by atoms with Gasteiger partial charge in [0.05, 0.1) is 12.3 Å². The Balaban J connectivity index is 2.53. The van der Waals surface area contributed by atoms with Crippen LogP contribution in [-0.2, 0) is 4.74 Å². The number of aromatic nitrogens is 3. The first-order chi connectivity index (χ1) is 8.65. The Hall–Kier alpha value is -2.24. The van der Waals surface area contributed by atoms with Gasteiger partial charge in [-0.05, 0) is 20.8 Å². The molecule has 6 nitrogen and oxygen atoms in total. The van der Waals surface area contributed by atoms with Gasteiger partial charge in [0, 0.05) is 12.4 Å². The van der Waals surface area contributed by atoms with Gasteiger partial charge in [0.1, 0.15) is 22.7 Å². The number of carbonyl (C=O) groups excluding carboxylic acids is 1. The van der Waals surface area contributed by atoms with Crippen LogP contribution in [0, 0.1) is 13.8 Å². The Morgan fingerprint density at radius 2 is 2.00 bits per heavy atom. The van der Waals surface area contributed by atoms with Crippen molar-refractivity contribution in [3.8, 4) is 11.4 Å². The summed E-state index contributed by atoms with van der Waals surface area (Å²) >= 11 is 0. The first kappa shape index (κ1) is 12.2. The van der Waals surface area contributed by atoms with E-state index in [0.29, 0.717) is 35.0 Å². The molecule has 0 aliphatic rings. The Kier molecular flexibility index (Phi) is 3.36. The molecule has 0 radical (unpaired) electrons. The largest absolute Gasteiger partial charge is 0.462 e. The van der Waals surface area contributed by atoms with Crippen molar-refractivity contribution in [1.82, 2.24) is 15.1 Å². The second-order valence-corrected chi connectivity index (χ2v) is 3.67. The van der Waals surface area contributed by atoms with E-state index in [1.165, 1.54) is 0 Å². The lowest BCUT2D eigenvalue weighted by molar-refractivity contribution is 0.0525. The van der Waals surface area contributed by atoms with Crippen LogP contribution in [0.4, 0.5) is 0 Å². The zero-order valence-electron chi connectivity index (χ0n) is 10.4. The van der Waals surface area contributed by atoms with Crippen LogP contribution in [-0.4, -0.2) is 27.7 Å². The predicted molar refractivity (Wildman–Crippen MR) is 63.0 cm³/mol. The van der Waals surface area contributed by atoms with Crippen molar-refractivity contribution in [2.45, 2.75) is 20.8 Å². The Bertz CT molecular complexity index is 578. The Morgan fingerprint density at radius 3 is 2.67 bits per heavy atom. The van der Waals surface area contributed by atoms with Gasteiger partial charge < -0.3 is 9.26 Å². The zero-order valence-corrected chi connectivity index (χ0v) is 10.4. The van der Waals surface area contributed by atoms with E-state index in [4.69, 9.17) is 9.26 Å². The average molecular weight is 247 g/mol. The van der Waals surface area contributed by atoms with Gasteiger partial charge in [-0.15, -0.1) is 0 Å². The highest BCUT2D eigenvalue weighted by Crippen LogP contribution is 2.25. The number of ether oxygens (including phenoxy) is 1. The van der Waals surface area contributed by atoms with Crippen molar-refractivity contribution in [2.24, 2.45) is 0 Å². The first-order valence-corrected chi connectivity index (χ1v) is 5.56. The van der Waals surface area contributed by atoms with Crippen molar-refractivity contribution in [3.05, 3.63) is 29.4 Å². The van der Waals surface area contributed by atoms with Crippen molar-refractivity contribution in [2.75, 3.05) is 6.61 Å². The molecule has 0 aliphatic heterocycles. The van der Waals surface area contributed by atoms with Crippen molar-refractivity contribution < 1.29 is 14.1 Å². The molecule has 0 aliphatic carbocycles. The van der Waals surface area contributed by atoms with Crippen molar-refractivity contribution in [1.29, 1.82) is 0 Å². The van der Waals surface area contributed by atoms with Gasteiger partial charge >= 0.3 is 5.97 Å². The fraction of sp³-hybridized carbons (Fsp3) is 0.333. The Labute approximate surface area is 104 Å². The van der Waals surface area contributed by atoms with E-state index in [-0.39, 0.29) is 0 Å². The van der Waals surface area contributed by atoms with Gasteiger partial charge in [-0.2, -0.15) is 0 Å². The molecule has 18 heavy (non-hydrogen) atoms. The maximum Gasteiger partial charge on any atom is 0.344 e. The fourth-order valence-electron chi connectivity index (χ4n) is 1.62. The molecule has 0 bridgehead atoms. The third-order valence-electron chi connectivity index (χ3n) is 2.45. The van der Waals surface area contributed by atoms with Gasteiger partial charge in [0.15, 0.2) is 0 Å². The number of hydrogen-bond acceptors (Lipinski definition) is 6. The third kappa shape index (κ3) is 2.09. The molecule has 0 saturated carbocycles. The lowest BCUT2D eigenvalue weighted by atomic mass is 10.1. The van der Waals surface area contributed by atoms with Crippen LogP contribution < -0.4 is 0 Å². The number of carbonyl (C=O) groups is 1. The minimum absolute atomic E-state index is 0.294. The second kappa shape index (κ2) is 4.95. The molecule has 2 rings (SSSR count). The van der Waals surface area contributed by atoms with Gasteiger partial charge in [-0.25, -0.2) is 4.79 Å². The minimum Gasteiger partial charge on any atom is -0.462 e. The van der Waals surface area contributed by atoms with Gasteiger partial charge in [0.2, 0.25) is 0 Å². The molecule has 2 aromatic rings. The highest BCUT2D eigenvalue weighted by molar-refractivity contribution is 5.96. The molecule has 0 spiro atoms. The van der Waals surface area contributed by atoms with Crippen LogP contribution in [0.2, 0.25) is 0 Å². The summed E-state index contributed by atoms with van der Waals surface area (Å²) in [5, 5.41) is 3.87. The summed E-state index contributed by atoms with van der Waals surface area (Å²) < 4.78 is 10.0. The highest BCUT2D eigenvalue weighted by Gasteiger charge is 2.24. The number of aryl methyl sites for hydroxylation is 2. The lowest BCUT2D eigenvalue weighted by Crippen LogP contribution is -2.07. The van der Waals surface area contributed by atoms with Gasteiger partial charge in [-0.1, -0.05) is 5.16 Å². The molecule has 0 aromatic carbocycles. The van der Waals surface area contributed by atoms with Crippen LogP contribution >= 0.6 is 0 Å². The zero-order chi connectivity index (χ0) is 13.1. The standard InChI is InChI=1S/C12H13N3O3/c1-4-17-12(16)9-8(3)18-15-11(9)10-7(2)13-5-6-14-10/h5-6H,4H2,1-3H3. The van der Waals surface area contributed by atoms with E-state index in [1.807, 2.05) is 0 Å². The average Bonchev–Trinajstić information content (AvgIpc) is 2.72. The summed E-state index contributed by atoms with van der Waals surface area (Å²) in [6.07, 6.45) is 3.12. The molecule has 2 aromatic heterocycles. The molecule has 0 saturated heterocycles. The number of esters is 1. The molecule has 0 fully saturated rings.